The molecule has 1 saturated heterocycles. The molecule has 2 aliphatic rings. The van der Waals surface area contributed by atoms with Crippen molar-refractivity contribution in [3.05, 3.63) is 29.8 Å². The van der Waals surface area contributed by atoms with Gasteiger partial charge < -0.3 is 16.0 Å². The second-order valence-electron chi connectivity index (χ2n) is 6.57. The van der Waals surface area contributed by atoms with Crippen LogP contribution in [0.2, 0.25) is 0 Å². The van der Waals surface area contributed by atoms with Crippen LogP contribution < -0.4 is 16.0 Å². The van der Waals surface area contributed by atoms with E-state index in [2.05, 4.69) is 5.32 Å². The fourth-order valence-electron chi connectivity index (χ4n) is 3.70. The molecular formula is C18H25N3O2. The zero-order chi connectivity index (χ0) is 16.2. The summed E-state index contributed by atoms with van der Waals surface area (Å²) in [6.07, 6.45) is 4.68. The molecule has 0 radical (unpaired) electrons. The highest BCUT2D eigenvalue weighted by molar-refractivity contribution is 5.95. The molecule has 3 N–H and O–H groups in total. The van der Waals surface area contributed by atoms with Crippen molar-refractivity contribution in [1.82, 2.24) is 5.32 Å². The summed E-state index contributed by atoms with van der Waals surface area (Å²) in [5, 5.41) is 3.03. The Morgan fingerprint density at radius 3 is 2.65 bits per heavy atom. The number of benzene rings is 1. The van der Waals surface area contributed by atoms with Gasteiger partial charge in [0.25, 0.3) is 0 Å². The number of hydrogen-bond donors (Lipinski definition) is 2. The maximum absolute atomic E-state index is 12.3. The quantitative estimate of drug-likeness (QED) is 0.870. The standard InChI is InChI=1S/C18H25N3O2/c19-11-14-3-1-4-16(14)18(23)20-12-13-6-8-15(9-7-13)21-10-2-5-17(21)22/h6-9,14,16H,1-5,10-12,19H2,(H,20,23)/t14-,16-/m1/s1. The molecule has 1 aliphatic heterocycles. The summed E-state index contributed by atoms with van der Waals surface area (Å²) in [5.41, 5.74) is 7.74. The van der Waals surface area contributed by atoms with Crippen LogP contribution in [-0.2, 0) is 16.1 Å². The van der Waals surface area contributed by atoms with Crippen molar-refractivity contribution >= 4 is 17.5 Å². The lowest BCUT2D eigenvalue weighted by molar-refractivity contribution is -0.126. The average molecular weight is 315 g/mol. The van der Waals surface area contributed by atoms with Gasteiger partial charge in [-0.3, -0.25) is 9.59 Å². The molecule has 124 valence electrons. The molecule has 0 unspecified atom stereocenters. The number of hydrogen-bond acceptors (Lipinski definition) is 3. The van der Waals surface area contributed by atoms with Crippen LogP contribution in [0.3, 0.4) is 0 Å². The molecular weight excluding hydrogens is 290 g/mol. The van der Waals surface area contributed by atoms with E-state index < -0.39 is 0 Å². The molecule has 5 heteroatoms. The topological polar surface area (TPSA) is 75.4 Å². The third-order valence-corrected chi connectivity index (χ3v) is 5.09. The number of carbonyl (C=O) groups is 2. The van der Waals surface area contributed by atoms with Crippen molar-refractivity contribution in [2.75, 3.05) is 18.0 Å². The molecule has 1 heterocycles. The van der Waals surface area contributed by atoms with Gasteiger partial charge >= 0.3 is 0 Å². The Kier molecular flexibility index (Phi) is 4.96. The lowest BCUT2D eigenvalue weighted by atomic mass is 9.95. The molecule has 5 nitrogen and oxygen atoms in total. The second-order valence-corrected chi connectivity index (χ2v) is 6.57. The van der Waals surface area contributed by atoms with Gasteiger partial charge in [0, 0.05) is 31.1 Å². The highest BCUT2D eigenvalue weighted by Gasteiger charge is 2.31. The minimum atomic E-state index is 0.0708. The Hall–Kier alpha value is -1.88. The number of anilines is 1. The Morgan fingerprint density at radius 1 is 1.22 bits per heavy atom. The summed E-state index contributed by atoms with van der Waals surface area (Å²) >= 11 is 0. The summed E-state index contributed by atoms with van der Waals surface area (Å²) < 4.78 is 0. The first-order valence-corrected chi connectivity index (χ1v) is 8.56. The van der Waals surface area contributed by atoms with Crippen LogP contribution in [-0.4, -0.2) is 24.9 Å². The predicted octanol–water partition coefficient (Wildman–Crippen LogP) is 1.80. The molecule has 1 aromatic rings. The van der Waals surface area contributed by atoms with Crippen LogP contribution in [0.15, 0.2) is 24.3 Å². The molecule has 1 saturated carbocycles. The minimum Gasteiger partial charge on any atom is -0.352 e. The van der Waals surface area contributed by atoms with Gasteiger partial charge in [0.2, 0.25) is 11.8 Å². The third-order valence-electron chi connectivity index (χ3n) is 5.09. The molecule has 23 heavy (non-hydrogen) atoms. The van der Waals surface area contributed by atoms with Gasteiger partial charge in [-0.15, -0.1) is 0 Å². The van der Waals surface area contributed by atoms with E-state index in [0.717, 1.165) is 43.5 Å². The van der Waals surface area contributed by atoms with E-state index >= 15 is 0 Å². The zero-order valence-corrected chi connectivity index (χ0v) is 13.5. The summed E-state index contributed by atoms with van der Waals surface area (Å²) in [4.78, 5) is 25.9. The molecule has 1 aromatic carbocycles. The summed E-state index contributed by atoms with van der Waals surface area (Å²) in [7, 11) is 0. The maximum Gasteiger partial charge on any atom is 0.227 e. The van der Waals surface area contributed by atoms with E-state index in [1.807, 2.05) is 29.2 Å². The van der Waals surface area contributed by atoms with Crippen molar-refractivity contribution in [1.29, 1.82) is 0 Å². The van der Waals surface area contributed by atoms with Crippen LogP contribution >= 0.6 is 0 Å². The van der Waals surface area contributed by atoms with Gasteiger partial charge in [-0.2, -0.15) is 0 Å². The Morgan fingerprint density at radius 2 is 2.00 bits per heavy atom. The number of nitrogens with one attached hydrogen (secondary N) is 1. The normalized spacial score (nSPS) is 24.2. The first-order valence-electron chi connectivity index (χ1n) is 8.56. The second kappa shape index (κ2) is 7.13. The highest BCUT2D eigenvalue weighted by Crippen LogP contribution is 2.31. The van der Waals surface area contributed by atoms with Gasteiger partial charge in [0.15, 0.2) is 0 Å². The van der Waals surface area contributed by atoms with Crippen molar-refractivity contribution in [2.24, 2.45) is 17.6 Å². The van der Waals surface area contributed by atoms with E-state index in [9.17, 15) is 9.59 Å². The molecule has 2 fully saturated rings. The molecule has 2 amide bonds. The lowest BCUT2D eigenvalue weighted by Gasteiger charge is -2.18. The Balaban J connectivity index is 1.54. The van der Waals surface area contributed by atoms with Crippen LogP contribution in [0.25, 0.3) is 0 Å². The highest BCUT2D eigenvalue weighted by atomic mass is 16.2. The SMILES string of the molecule is NC[C@H]1CCC[C@H]1C(=O)NCc1ccc(N2CCCC2=O)cc1. The molecule has 0 bridgehead atoms. The number of nitrogens with two attached hydrogens (primary N) is 1. The molecule has 2 atom stereocenters. The number of nitrogens with zero attached hydrogens (tertiary/aromatic N) is 1. The van der Waals surface area contributed by atoms with Gasteiger partial charge in [-0.25, -0.2) is 0 Å². The monoisotopic (exact) mass is 315 g/mol. The Bertz CT molecular complexity index is 570. The van der Waals surface area contributed by atoms with Crippen LogP contribution in [0.4, 0.5) is 5.69 Å². The smallest absolute Gasteiger partial charge is 0.227 e. The maximum atomic E-state index is 12.3. The van der Waals surface area contributed by atoms with Gasteiger partial charge in [-0.1, -0.05) is 18.6 Å². The largest absolute Gasteiger partial charge is 0.352 e. The van der Waals surface area contributed by atoms with Crippen LogP contribution in [0, 0.1) is 11.8 Å². The van der Waals surface area contributed by atoms with Crippen molar-refractivity contribution in [3.8, 4) is 0 Å². The number of amides is 2. The summed E-state index contributed by atoms with van der Waals surface area (Å²) in [6, 6.07) is 7.89. The molecule has 0 aromatic heterocycles. The van der Waals surface area contributed by atoms with E-state index in [0.29, 0.717) is 25.4 Å². The zero-order valence-electron chi connectivity index (χ0n) is 13.5. The summed E-state index contributed by atoms with van der Waals surface area (Å²) in [5.74, 6) is 0.719. The lowest BCUT2D eigenvalue weighted by Crippen LogP contribution is -2.34. The Labute approximate surface area is 137 Å². The first-order chi connectivity index (χ1) is 11.2. The number of carbonyl (C=O) groups excluding carboxylic acids is 2. The van der Waals surface area contributed by atoms with E-state index in [-0.39, 0.29) is 17.7 Å². The van der Waals surface area contributed by atoms with Gasteiger partial charge in [0.05, 0.1) is 0 Å². The van der Waals surface area contributed by atoms with E-state index in [1.54, 1.807) is 0 Å². The van der Waals surface area contributed by atoms with E-state index in [1.165, 1.54) is 0 Å². The van der Waals surface area contributed by atoms with Crippen molar-refractivity contribution in [2.45, 2.75) is 38.6 Å². The first kappa shape index (κ1) is 16.0. The van der Waals surface area contributed by atoms with Crippen molar-refractivity contribution < 1.29 is 9.59 Å². The molecule has 0 spiro atoms. The van der Waals surface area contributed by atoms with Crippen LogP contribution in [0.5, 0.6) is 0 Å². The molecule has 3 rings (SSSR count). The number of rotatable bonds is 5. The van der Waals surface area contributed by atoms with E-state index in [4.69, 9.17) is 5.73 Å². The van der Waals surface area contributed by atoms with Crippen LogP contribution in [0.1, 0.15) is 37.7 Å². The minimum absolute atomic E-state index is 0.0708. The summed E-state index contributed by atoms with van der Waals surface area (Å²) in [6.45, 7) is 1.93. The fourth-order valence-corrected chi connectivity index (χ4v) is 3.70. The van der Waals surface area contributed by atoms with Gasteiger partial charge in [-0.05, 0) is 49.4 Å². The van der Waals surface area contributed by atoms with Crippen molar-refractivity contribution in [3.63, 3.8) is 0 Å². The van der Waals surface area contributed by atoms with Gasteiger partial charge in [0.1, 0.15) is 0 Å². The molecule has 1 aliphatic carbocycles. The fraction of sp³-hybridized carbons (Fsp3) is 0.556. The third kappa shape index (κ3) is 3.55. The predicted molar refractivity (Wildman–Crippen MR) is 89.8 cm³/mol. The average Bonchev–Trinajstić information content (AvgIpc) is 3.21.